The van der Waals surface area contributed by atoms with E-state index in [-0.39, 0.29) is 0 Å². The van der Waals surface area contributed by atoms with Crippen LogP contribution in [0.1, 0.15) is 45.2 Å². The third-order valence-corrected chi connectivity index (χ3v) is 8.19. The van der Waals surface area contributed by atoms with Crippen molar-refractivity contribution in [1.82, 2.24) is 0 Å². The molecular weight excluding hydrogens is 392 g/mol. The van der Waals surface area contributed by atoms with Gasteiger partial charge in [0, 0.05) is 21.6 Å². The lowest BCUT2D eigenvalue weighted by Gasteiger charge is -2.41. The van der Waals surface area contributed by atoms with Crippen LogP contribution in [0.4, 0.5) is 0 Å². The van der Waals surface area contributed by atoms with Crippen molar-refractivity contribution in [2.45, 2.75) is 11.8 Å². The summed E-state index contributed by atoms with van der Waals surface area (Å²) in [4.78, 5) is 2.85. The molecule has 3 aliphatic rings. The van der Waals surface area contributed by atoms with Gasteiger partial charge in [-0.15, -0.1) is 11.3 Å². The van der Waals surface area contributed by atoms with Gasteiger partial charge >= 0.3 is 0 Å². The Kier molecular flexibility index (Phi) is 3.64. The summed E-state index contributed by atoms with van der Waals surface area (Å²) in [5.41, 5.74) is 11.6. The summed E-state index contributed by atoms with van der Waals surface area (Å²) < 4.78 is 0. The molecule has 0 fully saturated rings. The second kappa shape index (κ2) is 6.54. The molecule has 0 N–H and O–H groups in total. The molecule has 31 heavy (non-hydrogen) atoms. The number of thiophene rings is 1. The SMILES string of the molecule is c1ccc(-c2sc(-c3ccccc3)c3c2C2c4ccccc4C3c3ccccc32)cc1. The predicted molar refractivity (Wildman–Crippen MR) is 130 cm³/mol. The van der Waals surface area contributed by atoms with Crippen molar-refractivity contribution >= 4 is 11.3 Å². The fourth-order valence-corrected chi connectivity index (χ4v) is 7.06. The van der Waals surface area contributed by atoms with Crippen molar-refractivity contribution in [3.05, 3.63) is 143 Å². The number of hydrogen-bond acceptors (Lipinski definition) is 1. The summed E-state index contributed by atoms with van der Waals surface area (Å²) in [6.45, 7) is 0. The summed E-state index contributed by atoms with van der Waals surface area (Å²) in [5, 5.41) is 0. The van der Waals surface area contributed by atoms with Gasteiger partial charge in [0.05, 0.1) is 0 Å². The molecule has 146 valence electrons. The Morgan fingerprint density at radius 2 is 0.710 bits per heavy atom. The molecule has 4 aromatic carbocycles. The van der Waals surface area contributed by atoms with Crippen LogP contribution in [0.15, 0.2) is 109 Å². The van der Waals surface area contributed by atoms with Crippen LogP contribution < -0.4 is 0 Å². The van der Waals surface area contributed by atoms with E-state index in [1.54, 1.807) is 0 Å². The molecular formula is C30H20S. The molecule has 1 heterocycles. The Bertz CT molecular complexity index is 1270. The smallest absolute Gasteiger partial charge is 0.0394 e. The standard InChI is InChI=1S/C30H20S/c1-3-11-19(12-4-1)29-27-25-21-15-7-9-17-23(21)26(24-18-10-8-16-22(24)25)28(27)30(31-29)20-13-5-2-6-14-20/h1-18,25-26H. The number of hydrogen-bond donors (Lipinski definition) is 0. The Balaban J connectivity index is 1.61. The maximum Gasteiger partial charge on any atom is 0.0394 e. The molecule has 0 saturated heterocycles. The van der Waals surface area contributed by atoms with E-state index >= 15 is 0 Å². The molecule has 5 aromatic rings. The van der Waals surface area contributed by atoms with Crippen LogP contribution >= 0.6 is 11.3 Å². The van der Waals surface area contributed by atoms with Gasteiger partial charge in [-0.2, -0.15) is 0 Å². The minimum absolute atomic E-state index is 0.302. The van der Waals surface area contributed by atoms with E-state index in [2.05, 4.69) is 109 Å². The van der Waals surface area contributed by atoms with Crippen molar-refractivity contribution < 1.29 is 0 Å². The molecule has 0 saturated carbocycles. The van der Waals surface area contributed by atoms with Gasteiger partial charge < -0.3 is 0 Å². The quantitative estimate of drug-likeness (QED) is 0.269. The van der Waals surface area contributed by atoms with Gasteiger partial charge in [-0.05, 0) is 44.5 Å². The highest BCUT2D eigenvalue weighted by atomic mass is 32.1. The molecule has 2 bridgehead atoms. The fourth-order valence-electron chi connectivity index (χ4n) is 5.67. The molecule has 1 aromatic heterocycles. The molecule has 0 aliphatic heterocycles. The first kappa shape index (κ1) is 17.3. The topological polar surface area (TPSA) is 0 Å². The van der Waals surface area contributed by atoms with E-state index in [1.165, 1.54) is 54.3 Å². The summed E-state index contributed by atoms with van der Waals surface area (Å²) in [5.74, 6) is 0.604. The molecule has 8 rings (SSSR count). The Morgan fingerprint density at radius 1 is 0.387 bits per heavy atom. The van der Waals surface area contributed by atoms with Gasteiger partial charge in [0.1, 0.15) is 0 Å². The van der Waals surface area contributed by atoms with Crippen LogP contribution in [0, 0.1) is 0 Å². The van der Waals surface area contributed by atoms with Gasteiger partial charge in [-0.3, -0.25) is 0 Å². The van der Waals surface area contributed by atoms with Gasteiger partial charge in [0.2, 0.25) is 0 Å². The molecule has 0 nitrogen and oxygen atoms in total. The van der Waals surface area contributed by atoms with Gasteiger partial charge in [0.15, 0.2) is 0 Å². The third-order valence-electron chi connectivity index (χ3n) is 6.87. The molecule has 0 radical (unpaired) electrons. The van der Waals surface area contributed by atoms with Crippen molar-refractivity contribution in [3.63, 3.8) is 0 Å². The van der Waals surface area contributed by atoms with E-state index in [0.29, 0.717) is 11.8 Å². The molecule has 0 unspecified atom stereocenters. The van der Waals surface area contributed by atoms with Crippen LogP contribution in [0.2, 0.25) is 0 Å². The summed E-state index contributed by atoms with van der Waals surface area (Å²) >= 11 is 1.97. The van der Waals surface area contributed by atoms with Gasteiger partial charge in [-0.1, -0.05) is 109 Å². The van der Waals surface area contributed by atoms with E-state index < -0.39 is 0 Å². The number of benzene rings is 4. The minimum atomic E-state index is 0.302. The monoisotopic (exact) mass is 412 g/mol. The van der Waals surface area contributed by atoms with Crippen LogP contribution in [0.3, 0.4) is 0 Å². The van der Waals surface area contributed by atoms with Gasteiger partial charge in [-0.25, -0.2) is 0 Å². The third kappa shape index (κ3) is 2.35. The largest absolute Gasteiger partial charge is 0.135 e. The minimum Gasteiger partial charge on any atom is -0.135 e. The second-order valence-electron chi connectivity index (χ2n) is 8.44. The van der Waals surface area contributed by atoms with Crippen LogP contribution in [-0.2, 0) is 0 Å². The Hall–Kier alpha value is -3.42. The molecule has 0 amide bonds. The lowest BCUT2D eigenvalue weighted by Crippen LogP contribution is -2.27. The highest BCUT2D eigenvalue weighted by Crippen LogP contribution is 2.62. The van der Waals surface area contributed by atoms with Crippen molar-refractivity contribution in [1.29, 1.82) is 0 Å². The maximum absolute atomic E-state index is 2.35. The average Bonchev–Trinajstić information content (AvgIpc) is 3.26. The zero-order valence-electron chi connectivity index (χ0n) is 17.0. The first-order valence-corrected chi connectivity index (χ1v) is 11.7. The van der Waals surface area contributed by atoms with E-state index in [1.807, 2.05) is 11.3 Å². The lowest BCUT2D eigenvalue weighted by atomic mass is 9.61. The van der Waals surface area contributed by atoms with Gasteiger partial charge in [0.25, 0.3) is 0 Å². The Labute approximate surface area is 186 Å². The van der Waals surface area contributed by atoms with Crippen molar-refractivity contribution in [3.8, 4) is 20.9 Å². The zero-order valence-corrected chi connectivity index (χ0v) is 17.8. The van der Waals surface area contributed by atoms with E-state index in [9.17, 15) is 0 Å². The average molecular weight is 413 g/mol. The van der Waals surface area contributed by atoms with Crippen molar-refractivity contribution in [2.75, 3.05) is 0 Å². The summed E-state index contributed by atoms with van der Waals surface area (Å²) in [6, 6.07) is 40.1. The predicted octanol–water partition coefficient (Wildman–Crippen LogP) is 8.07. The first-order chi connectivity index (χ1) is 15.4. The molecule has 0 atom stereocenters. The second-order valence-corrected chi connectivity index (χ2v) is 9.46. The van der Waals surface area contributed by atoms with E-state index in [0.717, 1.165) is 0 Å². The van der Waals surface area contributed by atoms with Crippen LogP contribution in [0.25, 0.3) is 20.9 Å². The molecule has 0 spiro atoms. The van der Waals surface area contributed by atoms with Crippen LogP contribution in [0.5, 0.6) is 0 Å². The lowest BCUT2D eigenvalue weighted by molar-refractivity contribution is 0.763. The first-order valence-electron chi connectivity index (χ1n) is 10.9. The Morgan fingerprint density at radius 3 is 1.06 bits per heavy atom. The van der Waals surface area contributed by atoms with Crippen molar-refractivity contribution in [2.24, 2.45) is 0 Å². The summed E-state index contributed by atoms with van der Waals surface area (Å²) in [6.07, 6.45) is 0. The van der Waals surface area contributed by atoms with E-state index in [4.69, 9.17) is 0 Å². The zero-order chi connectivity index (χ0) is 20.4. The molecule has 3 aliphatic carbocycles. The fraction of sp³-hybridized carbons (Fsp3) is 0.0667. The highest BCUT2D eigenvalue weighted by molar-refractivity contribution is 7.19. The maximum atomic E-state index is 2.35. The van der Waals surface area contributed by atoms with Crippen LogP contribution in [-0.4, -0.2) is 0 Å². The summed E-state index contributed by atoms with van der Waals surface area (Å²) in [7, 11) is 0. The normalized spacial score (nSPS) is 17.7. The molecule has 1 heteroatoms. The highest BCUT2D eigenvalue weighted by Gasteiger charge is 2.45. The number of rotatable bonds is 2.